The Kier molecular flexibility index (Phi) is 6.51. The minimum absolute atomic E-state index is 0.00262. The Labute approximate surface area is 191 Å². The predicted octanol–water partition coefficient (Wildman–Crippen LogP) is 5.05. The summed E-state index contributed by atoms with van der Waals surface area (Å²) in [5, 5.41) is 12.5. The van der Waals surface area contributed by atoms with Crippen molar-refractivity contribution in [1.29, 1.82) is 0 Å². The molecule has 0 fully saturated rings. The highest BCUT2D eigenvalue weighted by molar-refractivity contribution is 9.11. The Hall–Kier alpha value is -2.22. The molecule has 1 amide bonds. The van der Waals surface area contributed by atoms with Gasteiger partial charge in [-0.3, -0.25) is 0 Å². The van der Waals surface area contributed by atoms with Crippen molar-refractivity contribution in [2.45, 2.75) is 18.4 Å². The van der Waals surface area contributed by atoms with E-state index in [1.807, 2.05) is 36.4 Å². The topological polar surface area (TPSA) is 71.5 Å². The maximum atomic E-state index is 12.4. The number of nitrogens with one attached hydrogen (secondary N) is 1. The Balaban J connectivity index is 1.41. The number of aromatic nitrogens is 1. The van der Waals surface area contributed by atoms with Crippen LogP contribution in [0.15, 0.2) is 69.9 Å². The average Bonchev–Trinajstić information content (AvgIpc) is 3.05. The van der Waals surface area contributed by atoms with Gasteiger partial charge in [0.25, 0.3) is 0 Å². The van der Waals surface area contributed by atoms with Crippen molar-refractivity contribution in [2.75, 3.05) is 13.2 Å². The lowest BCUT2D eigenvalue weighted by molar-refractivity contribution is 0.132. The van der Waals surface area contributed by atoms with E-state index in [1.54, 1.807) is 0 Å². The Morgan fingerprint density at radius 1 is 1.03 bits per heavy atom. The molecule has 7 heteroatoms. The average molecular weight is 532 g/mol. The number of pyridine rings is 1. The van der Waals surface area contributed by atoms with Crippen molar-refractivity contribution in [2.24, 2.45) is 0 Å². The molecule has 1 aromatic heterocycles. The van der Waals surface area contributed by atoms with Crippen molar-refractivity contribution in [1.82, 2.24) is 10.3 Å². The first-order chi connectivity index (χ1) is 14.5. The molecule has 0 bridgehead atoms. The first kappa shape index (κ1) is 21.0. The zero-order valence-corrected chi connectivity index (χ0v) is 19.2. The van der Waals surface area contributed by atoms with Crippen LogP contribution in [0.1, 0.15) is 22.6 Å². The molecule has 0 radical (unpaired) electrons. The SMILES string of the molecule is O=C(NC(CO)Cc1cc(Br)nc(Br)c1)OCC1c2ccccc2-c2ccccc21. The van der Waals surface area contributed by atoms with E-state index in [9.17, 15) is 9.90 Å². The van der Waals surface area contributed by atoms with Gasteiger partial charge in [-0.25, -0.2) is 9.78 Å². The molecule has 2 N–H and O–H groups in total. The number of ether oxygens (including phenoxy) is 1. The Morgan fingerprint density at radius 3 is 2.17 bits per heavy atom. The zero-order valence-electron chi connectivity index (χ0n) is 16.0. The molecular formula is C23H20Br2N2O3. The predicted molar refractivity (Wildman–Crippen MR) is 122 cm³/mol. The summed E-state index contributed by atoms with van der Waals surface area (Å²) in [5.41, 5.74) is 5.63. The molecule has 3 aromatic rings. The van der Waals surface area contributed by atoms with E-state index in [4.69, 9.17) is 4.74 Å². The van der Waals surface area contributed by atoms with Gasteiger partial charge in [0.1, 0.15) is 15.8 Å². The van der Waals surface area contributed by atoms with E-state index in [-0.39, 0.29) is 19.1 Å². The largest absolute Gasteiger partial charge is 0.449 e. The summed E-state index contributed by atoms with van der Waals surface area (Å²) < 4.78 is 6.93. The van der Waals surface area contributed by atoms with Gasteiger partial charge < -0.3 is 15.2 Å². The molecule has 154 valence electrons. The highest BCUT2D eigenvalue weighted by Gasteiger charge is 2.29. The third-order valence-corrected chi connectivity index (χ3v) is 6.00. The quantitative estimate of drug-likeness (QED) is 0.437. The number of carbonyl (C=O) groups excluding carboxylic acids is 1. The van der Waals surface area contributed by atoms with Crippen molar-refractivity contribution < 1.29 is 14.6 Å². The van der Waals surface area contributed by atoms with Crippen LogP contribution in [0.2, 0.25) is 0 Å². The fraction of sp³-hybridized carbons (Fsp3) is 0.217. The van der Waals surface area contributed by atoms with Gasteiger partial charge in [0.05, 0.1) is 12.6 Å². The number of amides is 1. The lowest BCUT2D eigenvalue weighted by Crippen LogP contribution is -2.39. The molecule has 0 aliphatic heterocycles. The van der Waals surface area contributed by atoms with Crippen LogP contribution in [0.5, 0.6) is 0 Å². The number of benzene rings is 2. The second-order valence-electron chi connectivity index (χ2n) is 7.17. The third-order valence-electron chi connectivity index (χ3n) is 5.19. The number of fused-ring (bicyclic) bond motifs is 3. The fourth-order valence-electron chi connectivity index (χ4n) is 3.88. The van der Waals surface area contributed by atoms with Gasteiger partial charge in [-0.05, 0) is 78.2 Å². The summed E-state index contributed by atoms with van der Waals surface area (Å²) >= 11 is 6.70. The van der Waals surface area contributed by atoms with E-state index in [1.165, 1.54) is 11.1 Å². The first-order valence-corrected chi connectivity index (χ1v) is 11.2. The molecule has 1 heterocycles. The summed E-state index contributed by atoms with van der Waals surface area (Å²) in [6.07, 6.45) is -0.0801. The maximum Gasteiger partial charge on any atom is 0.407 e. The van der Waals surface area contributed by atoms with E-state index in [0.29, 0.717) is 15.6 Å². The Bertz CT molecular complexity index is 1010. The van der Waals surface area contributed by atoms with Gasteiger partial charge >= 0.3 is 6.09 Å². The van der Waals surface area contributed by atoms with Gasteiger partial charge in [-0.1, -0.05) is 48.5 Å². The Morgan fingerprint density at radius 2 is 1.60 bits per heavy atom. The van der Waals surface area contributed by atoms with Crippen molar-refractivity contribution >= 4 is 38.0 Å². The molecule has 2 aromatic carbocycles. The molecule has 0 saturated heterocycles. The number of halogens is 2. The van der Waals surface area contributed by atoms with Crippen molar-refractivity contribution in [3.63, 3.8) is 0 Å². The number of hydrogen-bond donors (Lipinski definition) is 2. The lowest BCUT2D eigenvalue weighted by Gasteiger charge is -2.18. The van der Waals surface area contributed by atoms with Crippen LogP contribution >= 0.6 is 31.9 Å². The minimum Gasteiger partial charge on any atom is -0.449 e. The molecule has 5 nitrogen and oxygen atoms in total. The maximum absolute atomic E-state index is 12.4. The summed E-state index contributed by atoms with van der Waals surface area (Å²) in [7, 11) is 0. The number of nitrogens with zero attached hydrogens (tertiary/aromatic N) is 1. The normalized spacial score (nSPS) is 13.4. The molecule has 0 spiro atoms. The molecular weight excluding hydrogens is 512 g/mol. The molecule has 1 unspecified atom stereocenters. The van der Waals surface area contributed by atoms with Gasteiger partial charge in [0.2, 0.25) is 0 Å². The highest BCUT2D eigenvalue weighted by atomic mass is 79.9. The van der Waals surface area contributed by atoms with Crippen molar-refractivity contribution in [3.05, 3.63) is 86.6 Å². The summed E-state index contributed by atoms with van der Waals surface area (Å²) in [4.78, 5) is 16.6. The number of carbonyl (C=O) groups is 1. The number of rotatable bonds is 6. The summed E-state index contributed by atoms with van der Waals surface area (Å²) in [5.74, 6) is 0.00262. The van der Waals surface area contributed by atoms with Gasteiger partial charge in [-0.15, -0.1) is 0 Å². The van der Waals surface area contributed by atoms with Gasteiger partial charge in [0, 0.05) is 5.92 Å². The molecule has 4 rings (SSSR count). The summed E-state index contributed by atoms with van der Waals surface area (Å²) in [6, 6.07) is 19.7. The van der Waals surface area contributed by atoms with Crippen LogP contribution in [-0.4, -0.2) is 35.4 Å². The van der Waals surface area contributed by atoms with Gasteiger partial charge in [0.15, 0.2) is 0 Å². The van der Waals surface area contributed by atoms with Crippen LogP contribution in [0.25, 0.3) is 11.1 Å². The standard InChI is InChI=1S/C23H20Br2N2O3/c24-21-10-14(11-22(25)27-21)9-15(12-28)26-23(29)30-13-20-18-7-3-1-5-16(18)17-6-2-4-8-19(17)20/h1-8,10-11,15,20,28H,9,12-13H2,(H,26,29). The third kappa shape index (κ3) is 4.58. The monoisotopic (exact) mass is 530 g/mol. The zero-order chi connectivity index (χ0) is 21.1. The number of alkyl carbamates (subject to hydrolysis) is 1. The lowest BCUT2D eigenvalue weighted by atomic mass is 9.98. The second-order valence-corrected chi connectivity index (χ2v) is 8.80. The minimum atomic E-state index is -0.539. The number of aliphatic hydroxyl groups is 1. The second kappa shape index (κ2) is 9.29. The van der Waals surface area contributed by atoms with E-state index >= 15 is 0 Å². The number of hydrogen-bond acceptors (Lipinski definition) is 4. The van der Waals surface area contributed by atoms with Crippen LogP contribution in [0.3, 0.4) is 0 Å². The number of aliphatic hydroxyl groups excluding tert-OH is 1. The molecule has 1 aliphatic carbocycles. The fourth-order valence-corrected chi connectivity index (χ4v) is 5.09. The van der Waals surface area contributed by atoms with Crippen LogP contribution in [-0.2, 0) is 11.2 Å². The van der Waals surface area contributed by atoms with E-state index in [2.05, 4.69) is 66.4 Å². The first-order valence-electron chi connectivity index (χ1n) is 9.59. The van der Waals surface area contributed by atoms with Crippen molar-refractivity contribution in [3.8, 4) is 11.1 Å². The van der Waals surface area contributed by atoms with E-state index in [0.717, 1.165) is 16.7 Å². The van der Waals surface area contributed by atoms with Gasteiger partial charge in [-0.2, -0.15) is 0 Å². The van der Waals surface area contributed by atoms with Crippen LogP contribution in [0, 0.1) is 0 Å². The molecule has 1 aliphatic rings. The highest BCUT2D eigenvalue weighted by Crippen LogP contribution is 2.44. The smallest absolute Gasteiger partial charge is 0.407 e. The molecule has 30 heavy (non-hydrogen) atoms. The molecule has 1 atom stereocenters. The molecule has 0 saturated carbocycles. The van der Waals surface area contributed by atoms with Crippen LogP contribution < -0.4 is 5.32 Å². The van der Waals surface area contributed by atoms with Crippen LogP contribution in [0.4, 0.5) is 4.79 Å². The summed E-state index contributed by atoms with van der Waals surface area (Å²) in [6.45, 7) is 0.0477. The van der Waals surface area contributed by atoms with E-state index < -0.39 is 12.1 Å².